The van der Waals surface area contributed by atoms with Gasteiger partial charge in [-0.15, -0.1) is 0 Å². The maximum Gasteiger partial charge on any atom is 0.226 e. The topological polar surface area (TPSA) is 74.0 Å². The minimum Gasteiger partial charge on any atom is -0.370 e. The molecule has 3 rings (SSSR count). The third kappa shape index (κ3) is 4.66. The zero-order valence-electron chi connectivity index (χ0n) is 16.4. The van der Waals surface area contributed by atoms with Crippen LogP contribution in [-0.4, -0.2) is 35.3 Å². The highest BCUT2D eigenvalue weighted by Crippen LogP contribution is 2.34. The molecule has 0 saturated carbocycles. The zero-order chi connectivity index (χ0) is 20.1. The van der Waals surface area contributed by atoms with Crippen LogP contribution < -0.4 is 10.2 Å². The Kier molecular flexibility index (Phi) is 6.25. The summed E-state index contributed by atoms with van der Waals surface area (Å²) in [5.74, 6) is 0.120. The first-order valence-electron chi connectivity index (χ1n) is 9.62. The smallest absolute Gasteiger partial charge is 0.226 e. The number of hydrogen-bond donors (Lipinski definition) is 1. The number of anilines is 1. The van der Waals surface area contributed by atoms with Gasteiger partial charge in [-0.05, 0) is 49.4 Å². The number of nitriles is 1. The minimum atomic E-state index is -0.371. The van der Waals surface area contributed by atoms with Gasteiger partial charge in [0, 0.05) is 43.3 Å². The number of rotatable bonds is 6. The van der Waals surface area contributed by atoms with E-state index in [9.17, 15) is 10.1 Å². The number of piperidine rings is 1. The number of nitrogens with zero attached hydrogens (tertiary/aromatic N) is 4. The predicted octanol–water partition coefficient (Wildman–Crippen LogP) is 3.30. The van der Waals surface area contributed by atoms with Crippen LogP contribution >= 0.6 is 11.6 Å². The quantitative estimate of drug-likeness (QED) is 0.756. The zero-order valence-corrected chi connectivity index (χ0v) is 17.2. The van der Waals surface area contributed by atoms with Crippen molar-refractivity contribution in [1.82, 2.24) is 15.1 Å². The molecule has 28 heavy (non-hydrogen) atoms. The van der Waals surface area contributed by atoms with Crippen LogP contribution in [0, 0.1) is 16.7 Å². The molecule has 1 aromatic heterocycles. The van der Waals surface area contributed by atoms with Crippen molar-refractivity contribution in [2.24, 2.45) is 12.5 Å². The Hall–Kier alpha value is -2.52. The van der Waals surface area contributed by atoms with E-state index in [4.69, 9.17) is 11.6 Å². The van der Waals surface area contributed by atoms with Gasteiger partial charge in [-0.1, -0.05) is 18.5 Å². The second-order valence-electron chi connectivity index (χ2n) is 7.70. The average molecular weight is 400 g/mol. The largest absolute Gasteiger partial charge is 0.370 e. The third-order valence-electron chi connectivity index (χ3n) is 5.52. The van der Waals surface area contributed by atoms with Gasteiger partial charge in [-0.3, -0.25) is 9.48 Å². The van der Waals surface area contributed by atoms with Crippen molar-refractivity contribution >= 4 is 23.2 Å². The number of carbonyl (C=O) groups is 1. The predicted molar refractivity (Wildman–Crippen MR) is 110 cm³/mol. The van der Waals surface area contributed by atoms with E-state index in [-0.39, 0.29) is 11.3 Å². The lowest BCUT2D eigenvalue weighted by Crippen LogP contribution is -2.47. The number of carbonyl (C=O) groups excluding carboxylic acids is 1. The molecule has 2 heterocycles. The fourth-order valence-corrected chi connectivity index (χ4v) is 3.82. The molecule has 1 aliphatic heterocycles. The maximum atomic E-state index is 12.7. The summed E-state index contributed by atoms with van der Waals surface area (Å²) < 4.78 is 1.79. The number of amides is 1. The summed E-state index contributed by atoms with van der Waals surface area (Å²) in [6, 6.07) is 7.61. The minimum absolute atomic E-state index is 0.120. The summed E-state index contributed by atoms with van der Waals surface area (Å²) in [5.41, 5.74) is 2.29. The van der Waals surface area contributed by atoms with Crippen LogP contribution in [0.5, 0.6) is 0 Å². The lowest BCUT2D eigenvalue weighted by atomic mass is 9.79. The van der Waals surface area contributed by atoms with Gasteiger partial charge in [0.1, 0.15) is 6.07 Å². The average Bonchev–Trinajstić information content (AvgIpc) is 3.11. The fraction of sp³-hybridized carbons (Fsp3) is 0.476. The standard InChI is InChI=1S/C21H26ClN5O/c1-21(20(28)24-9-3-4-16-14-25-26(2)15-16)7-10-27(11-8-21)19-6-5-18(22)12-17(19)13-23/h5-6,12,14-15H,3-4,7-11H2,1-2H3,(H,24,28). The molecule has 0 bridgehead atoms. The summed E-state index contributed by atoms with van der Waals surface area (Å²) in [7, 11) is 1.90. The lowest BCUT2D eigenvalue weighted by molar-refractivity contribution is -0.131. The van der Waals surface area contributed by atoms with Crippen LogP contribution in [0.15, 0.2) is 30.6 Å². The van der Waals surface area contributed by atoms with Gasteiger partial charge in [0.05, 0.1) is 17.4 Å². The Bertz CT molecular complexity index is 877. The molecule has 148 valence electrons. The van der Waals surface area contributed by atoms with Crippen LogP contribution in [0.2, 0.25) is 5.02 Å². The number of benzene rings is 1. The molecule has 7 heteroatoms. The summed E-state index contributed by atoms with van der Waals surface area (Å²) in [6.45, 7) is 4.20. The maximum absolute atomic E-state index is 12.7. The van der Waals surface area contributed by atoms with Crippen LogP contribution in [0.1, 0.15) is 37.3 Å². The summed E-state index contributed by atoms with van der Waals surface area (Å²) >= 11 is 5.99. The van der Waals surface area contributed by atoms with Crippen molar-refractivity contribution in [3.63, 3.8) is 0 Å². The first kappa shape index (κ1) is 20.2. The number of nitrogens with one attached hydrogen (secondary N) is 1. The second kappa shape index (κ2) is 8.66. The van der Waals surface area contributed by atoms with Gasteiger partial charge >= 0.3 is 0 Å². The molecular formula is C21H26ClN5O. The van der Waals surface area contributed by atoms with E-state index in [0.717, 1.165) is 44.5 Å². The van der Waals surface area contributed by atoms with Crippen molar-refractivity contribution in [3.8, 4) is 6.07 Å². The Balaban J connectivity index is 1.49. The Morgan fingerprint density at radius 1 is 1.39 bits per heavy atom. The Morgan fingerprint density at radius 3 is 2.79 bits per heavy atom. The highest BCUT2D eigenvalue weighted by atomic mass is 35.5. The van der Waals surface area contributed by atoms with Crippen molar-refractivity contribution in [2.45, 2.75) is 32.6 Å². The fourth-order valence-electron chi connectivity index (χ4n) is 3.65. The van der Waals surface area contributed by atoms with Gasteiger partial charge in [0.25, 0.3) is 0 Å². The normalized spacial score (nSPS) is 15.9. The monoisotopic (exact) mass is 399 g/mol. The van der Waals surface area contributed by atoms with Crippen LogP contribution in [0.4, 0.5) is 5.69 Å². The molecule has 0 spiro atoms. The highest BCUT2D eigenvalue weighted by Gasteiger charge is 2.37. The summed E-state index contributed by atoms with van der Waals surface area (Å²) in [6.07, 6.45) is 7.20. The third-order valence-corrected chi connectivity index (χ3v) is 5.76. The SMILES string of the molecule is Cn1cc(CCCNC(=O)C2(C)CCN(c3ccc(Cl)cc3C#N)CC2)cn1. The van der Waals surface area contributed by atoms with Crippen LogP contribution in [0.25, 0.3) is 0 Å². The molecule has 1 amide bonds. The molecule has 6 nitrogen and oxygen atoms in total. The molecule has 0 unspecified atom stereocenters. The van der Waals surface area contributed by atoms with E-state index < -0.39 is 0 Å². The molecule has 2 aromatic rings. The molecule has 1 saturated heterocycles. The Morgan fingerprint density at radius 2 is 2.14 bits per heavy atom. The number of halogens is 1. The second-order valence-corrected chi connectivity index (χ2v) is 8.14. The number of aryl methyl sites for hydroxylation is 2. The molecule has 1 aromatic carbocycles. The summed E-state index contributed by atoms with van der Waals surface area (Å²) in [5, 5.41) is 17.2. The van der Waals surface area contributed by atoms with Gasteiger partial charge in [0.15, 0.2) is 0 Å². The highest BCUT2D eigenvalue weighted by molar-refractivity contribution is 6.30. The van der Waals surface area contributed by atoms with Crippen molar-refractivity contribution in [1.29, 1.82) is 5.26 Å². The van der Waals surface area contributed by atoms with E-state index in [1.807, 2.05) is 32.4 Å². The molecule has 0 aliphatic carbocycles. The lowest BCUT2D eigenvalue weighted by Gasteiger charge is -2.39. The van der Waals surface area contributed by atoms with E-state index in [2.05, 4.69) is 21.4 Å². The molecule has 1 N–H and O–H groups in total. The van der Waals surface area contributed by atoms with E-state index in [1.165, 1.54) is 5.56 Å². The van der Waals surface area contributed by atoms with Crippen molar-refractivity contribution in [3.05, 3.63) is 46.7 Å². The summed E-state index contributed by atoms with van der Waals surface area (Å²) in [4.78, 5) is 14.9. The number of hydrogen-bond acceptors (Lipinski definition) is 4. The first-order valence-corrected chi connectivity index (χ1v) is 9.99. The molecule has 0 atom stereocenters. The van der Waals surface area contributed by atoms with Gasteiger partial charge in [-0.25, -0.2) is 0 Å². The van der Waals surface area contributed by atoms with Gasteiger partial charge in [-0.2, -0.15) is 10.4 Å². The Labute approximate surface area is 171 Å². The molecule has 1 fully saturated rings. The molecule has 0 radical (unpaired) electrons. The first-order chi connectivity index (χ1) is 13.4. The van der Waals surface area contributed by atoms with E-state index >= 15 is 0 Å². The van der Waals surface area contributed by atoms with E-state index in [0.29, 0.717) is 17.1 Å². The molecule has 1 aliphatic rings. The van der Waals surface area contributed by atoms with Crippen LogP contribution in [0.3, 0.4) is 0 Å². The number of aromatic nitrogens is 2. The van der Waals surface area contributed by atoms with Gasteiger partial charge in [0.2, 0.25) is 5.91 Å². The van der Waals surface area contributed by atoms with Crippen molar-refractivity contribution in [2.75, 3.05) is 24.5 Å². The van der Waals surface area contributed by atoms with E-state index in [1.54, 1.807) is 16.8 Å². The molecular weight excluding hydrogens is 374 g/mol. The van der Waals surface area contributed by atoms with Crippen molar-refractivity contribution < 1.29 is 4.79 Å². The van der Waals surface area contributed by atoms with Crippen LogP contribution in [-0.2, 0) is 18.3 Å². The van der Waals surface area contributed by atoms with Gasteiger partial charge < -0.3 is 10.2 Å².